The van der Waals surface area contributed by atoms with Gasteiger partial charge in [0.25, 0.3) is 10.0 Å². The van der Waals surface area contributed by atoms with Gasteiger partial charge in [0.05, 0.1) is 11.1 Å². The van der Waals surface area contributed by atoms with Gasteiger partial charge in [-0.3, -0.25) is 0 Å². The number of hydrogen-bond acceptors (Lipinski definition) is 3. The molecule has 1 N–H and O–H groups in total. The number of fused-ring (bicyclic) bond motifs is 1. The fourth-order valence-electron chi connectivity index (χ4n) is 2.66. The number of aryl methyl sites for hydroxylation is 2. The van der Waals surface area contributed by atoms with Crippen LogP contribution in [0.3, 0.4) is 0 Å². The predicted octanol–water partition coefficient (Wildman–Crippen LogP) is 3.94. The molecular formula is C18H18ClN3O2S. The van der Waals surface area contributed by atoms with Crippen LogP contribution in [0.5, 0.6) is 0 Å². The number of hydrazone groups is 1. The highest BCUT2D eigenvalue weighted by Gasteiger charge is 2.14. The summed E-state index contributed by atoms with van der Waals surface area (Å²) in [6.45, 7) is 4.61. The summed E-state index contributed by atoms with van der Waals surface area (Å²) in [5, 5.41) is 5.36. The number of hydrogen-bond donors (Lipinski definition) is 1. The molecule has 0 saturated heterocycles. The molecule has 0 aliphatic heterocycles. The lowest BCUT2D eigenvalue weighted by Gasteiger charge is -2.03. The molecule has 130 valence electrons. The van der Waals surface area contributed by atoms with Gasteiger partial charge in [-0.15, -0.1) is 0 Å². The van der Waals surface area contributed by atoms with Gasteiger partial charge >= 0.3 is 0 Å². The highest BCUT2D eigenvalue weighted by Crippen LogP contribution is 2.28. The highest BCUT2D eigenvalue weighted by atomic mass is 35.5. The van der Waals surface area contributed by atoms with E-state index in [1.165, 1.54) is 6.21 Å². The molecule has 2 aromatic carbocycles. The van der Waals surface area contributed by atoms with Crippen molar-refractivity contribution < 1.29 is 8.42 Å². The number of para-hydroxylation sites is 1. The van der Waals surface area contributed by atoms with Crippen molar-refractivity contribution in [1.82, 2.24) is 9.40 Å². The Balaban J connectivity index is 1.91. The maximum atomic E-state index is 12.3. The number of nitrogens with one attached hydrogen (secondary N) is 1. The normalized spacial score (nSPS) is 12.1. The van der Waals surface area contributed by atoms with Crippen LogP contribution in [0.15, 0.2) is 58.5 Å². The maximum Gasteiger partial charge on any atom is 0.276 e. The van der Waals surface area contributed by atoms with Crippen LogP contribution in [-0.4, -0.2) is 19.2 Å². The molecule has 3 rings (SSSR count). The molecule has 0 amide bonds. The molecule has 1 aromatic heterocycles. The molecule has 0 aliphatic carbocycles. The number of sulfonamides is 1. The third-order valence-electron chi connectivity index (χ3n) is 3.96. The smallest absolute Gasteiger partial charge is 0.276 e. The topological polar surface area (TPSA) is 63.5 Å². The second-order valence-electron chi connectivity index (χ2n) is 5.63. The van der Waals surface area contributed by atoms with Crippen molar-refractivity contribution in [3.05, 3.63) is 64.8 Å². The second-order valence-corrected chi connectivity index (χ2v) is 7.65. The summed E-state index contributed by atoms with van der Waals surface area (Å²) >= 11 is 6.43. The van der Waals surface area contributed by atoms with Crippen LogP contribution in [-0.2, 0) is 16.6 Å². The molecule has 3 aromatic rings. The summed E-state index contributed by atoms with van der Waals surface area (Å²) in [5.41, 5.74) is 2.66. The van der Waals surface area contributed by atoms with Crippen LogP contribution >= 0.6 is 11.6 Å². The van der Waals surface area contributed by atoms with Crippen molar-refractivity contribution in [2.45, 2.75) is 25.3 Å². The lowest BCUT2D eigenvalue weighted by molar-refractivity contribution is 0.584. The average molecular weight is 376 g/mol. The molecule has 0 atom stereocenters. The Morgan fingerprint density at radius 1 is 1.16 bits per heavy atom. The van der Waals surface area contributed by atoms with Crippen LogP contribution in [0.25, 0.3) is 10.9 Å². The molecule has 7 heteroatoms. The summed E-state index contributed by atoms with van der Waals surface area (Å²) in [4.78, 5) is 2.40. The second kappa shape index (κ2) is 6.90. The Labute approximate surface area is 152 Å². The van der Waals surface area contributed by atoms with Gasteiger partial charge in [-0.2, -0.15) is 13.5 Å². The zero-order valence-corrected chi connectivity index (χ0v) is 15.5. The fraction of sp³-hybridized carbons (Fsp3) is 0.167. The van der Waals surface area contributed by atoms with Crippen molar-refractivity contribution in [3.63, 3.8) is 0 Å². The Morgan fingerprint density at radius 2 is 1.84 bits per heavy atom. The van der Waals surface area contributed by atoms with Crippen molar-refractivity contribution in [1.29, 1.82) is 0 Å². The number of nitrogens with zero attached hydrogens (tertiary/aromatic N) is 2. The Bertz CT molecular complexity index is 1040. The first-order chi connectivity index (χ1) is 11.9. The first kappa shape index (κ1) is 17.5. The number of halogens is 1. The first-order valence-electron chi connectivity index (χ1n) is 7.82. The van der Waals surface area contributed by atoms with E-state index in [9.17, 15) is 8.42 Å². The lowest BCUT2D eigenvalue weighted by atomic mass is 10.2. The van der Waals surface area contributed by atoms with Crippen LogP contribution < -0.4 is 4.83 Å². The first-order valence-corrected chi connectivity index (χ1v) is 9.68. The average Bonchev–Trinajstić information content (AvgIpc) is 2.87. The molecule has 0 unspecified atom stereocenters. The van der Waals surface area contributed by atoms with E-state index >= 15 is 0 Å². The monoisotopic (exact) mass is 375 g/mol. The van der Waals surface area contributed by atoms with Crippen molar-refractivity contribution in [2.75, 3.05) is 0 Å². The van der Waals surface area contributed by atoms with E-state index in [0.29, 0.717) is 17.3 Å². The molecule has 25 heavy (non-hydrogen) atoms. The number of rotatable bonds is 5. The van der Waals surface area contributed by atoms with Gasteiger partial charge in [0, 0.05) is 23.0 Å². The van der Waals surface area contributed by atoms with E-state index in [4.69, 9.17) is 11.6 Å². The minimum atomic E-state index is -3.71. The van der Waals surface area contributed by atoms with Crippen LogP contribution in [0.4, 0.5) is 0 Å². The van der Waals surface area contributed by atoms with Crippen molar-refractivity contribution >= 4 is 38.7 Å². The van der Waals surface area contributed by atoms with E-state index in [0.717, 1.165) is 16.5 Å². The van der Waals surface area contributed by atoms with Crippen LogP contribution in [0, 0.1) is 6.92 Å². The third kappa shape index (κ3) is 3.41. The summed E-state index contributed by atoms with van der Waals surface area (Å²) in [6, 6.07) is 14.3. The summed E-state index contributed by atoms with van der Waals surface area (Å²) in [7, 11) is -3.71. The Morgan fingerprint density at radius 3 is 2.52 bits per heavy atom. The van der Waals surface area contributed by atoms with Crippen LogP contribution in [0.1, 0.15) is 18.1 Å². The third-order valence-corrected chi connectivity index (χ3v) is 5.60. The van der Waals surface area contributed by atoms with Gasteiger partial charge < -0.3 is 4.57 Å². The van der Waals surface area contributed by atoms with Gasteiger partial charge in [0.1, 0.15) is 5.15 Å². The summed E-state index contributed by atoms with van der Waals surface area (Å²) in [5.74, 6) is 0. The van der Waals surface area contributed by atoms with Gasteiger partial charge in [-0.1, -0.05) is 47.5 Å². The molecule has 0 radical (unpaired) electrons. The zero-order chi connectivity index (χ0) is 18.0. The molecule has 0 aliphatic rings. The number of benzene rings is 2. The van der Waals surface area contributed by atoms with Crippen LogP contribution in [0.2, 0.25) is 5.15 Å². The zero-order valence-electron chi connectivity index (χ0n) is 13.9. The van der Waals surface area contributed by atoms with Crippen molar-refractivity contribution in [2.24, 2.45) is 5.10 Å². The fourth-order valence-corrected chi connectivity index (χ4v) is 3.81. The van der Waals surface area contributed by atoms with E-state index in [2.05, 4.69) is 9.93 Å². The molecule has 0 bridgehead atoms. The number of aromatic nitrogens is 1. The summed E-state index contributed by atoms with van der Waals surface area (Å²) < 4.78 is 26.5. The van der Waals surface area contributed by atoms with Gasteiger partial charge in [0.2, 0.25) is 0 Å². The van der Waals surface area contributed by atoms with E-state index in [1.54, 1.807) is 24.3 Å². The SMILES string of the molecule is CCn1c(Cl)c(C=NNS(=O)(=O)c2ccc(C)cc2)c2ccccc21. The minimum Gasteiger partial charge on any atom is -0.331 e. The predicted molar refractivity (Wildman–Crippen MR) is 102 cm³/mol. The van der Waals surface area contributed by atoms with Gasteiger partial charge in [-0.25, -0.2) is 4.83 Å². The van der Waals surface area contributed by atoms with Crippen molar-refractivity contribution in [3.8, 4) is 0 Å². The molecule has 0 spiro atoms. The molecule has 0 saturated carbocycles. The van der Waals surface area contributed by atoms with E-state index < -0.39 is 10.0 Å². The molecular weight excluding hydrogens is 358 g/mol. The lowest BCUT2D eigenvalue weighted by Crippen LogP contribution is -2.18. The highest BCUT2D eigenvalue weighted by molar-refractivity contribution is 7.89. The van der Waals surface area contributed by atoms with E-state index in [1.807, 2.05) is 42.7 Å². The quantitative estimate of drug-likeness (QED) is 0.542. The minimum absolute atomic E-state index is 0.164. The maximum absolute atomic E-state index is 12.3. The van der Waals surface area contributed by atoms with E-state index in [-0.39, 0.29) is 4.90 Å². The molecule has 0 fully saturated rings. The standard InChI is InChI=1S/C18H18ClN3O2S/c1-3-22-17-7-5-4-6-15(17)16(18(22)19)12-20-21-25(23,24)14-10-8-13(2)9-11-14/h4-12,21H,3H2,1-2H3. The largest absolute Gasteiger partial charge is 0.331 e. The molecule has 1 heterocycles. The van der Waals surface area contributed by atoms with Gasteiger partial charge in [-0.05, 0) is 32.0 Å². The Kier molecular flexibility index (Phi) is 4.83. The molecule has 5 nitrogen and oxygen atoms in total. The Hall–Kier alpha value is -2.31. The summed E-state index contributed by atoms with van der Waals surface area (Å²) in [6.07, 6.45) is 1.45. The van der Waals surface area contributed by atoms with Gasteiger partial charge in [0.15, 0.2) is 0 Å².